The fraction of sp³-hybridized carbons (Fsp3) is 0.400. The van der Waals surface area contributed by atoms with Crippen LogP contribution in [-0.4, -0.2) is 60.2 Å². The summed E-state index contributed by atoms with van der Waals surface area (Å²) in [7, 11) is 0. The first-order valence-electron chi connectivity index (χ1n) is 7.24. The van der Waals surface area contributed by atoms with Gasteiger partial charge in [-0.05, 0) is 18.7 Å². The third-order valence-electron chi connectivity index (χ3n) is 3.73. The molecule has 1 aliphatic heterocycles. The average Bonchev–Trinajstić information content (AvgIpc) is 2.54. The van der Waals surface area contributed by atoms with Gasteiger partial charge in [-0.1, -0.05) is 19.1 Å². The Balaban J connectivity index is 1.93. The molecular formula is C15H20N4O3. The normalized spacial score (nSPS) is 15.4. The van der Waals surface area contributed by atoms with E-state index in [9.17, 15) is 14.4 Å². The van der Waals surface area contributed by atoms with E-state index in [4.69, 9.17) is 5.73 Å². The van der Waals surface area contributed by atoms with E-state index in [1.807, 2.05) is 6.92 Å². The highest BCUT2D eigenvalue weighted by Crippen LogP contribution is 2.10. The number of carbonyl (C=O) groups excluding carboxylic acids is 3. The first kappa shape index (κ1) is 16.0. The summed E-state index contributed by atoms with van der Waals surface area (Å²) >= 11 is 0. The summed E-state index contributed by atoms with van der Waals surface area (Å²) < 4.78 is 0. The van der Waals surface area contributed by atoms with Crippen molar-refractivity contribution in [3.8, 4) is 0 Å². The van der Waals surface area contributed by atoms with Gasteiger partial charge in [-0.3, -0.25) is 19.7 Å². The van der Waals surface area contributed by atoms with Crippen LogP contribution in [0.3, 0.4) is 0 Å². The molecular weight excluding hydrogens is 284 g/mol. The van der Waals surface area contributed by atoms with Crippen molar-refractivity contribution in [3.05, 3.63) is 29.8 Å². The molecule has 0 aliphatic carbocycles. The number of rotatable bonds is 2. The van der Waals surface area contributed by atoms with Gasteiger partial charge < -0.3 is 15.5 Å². The molecule has 1 aliphatic rings. The van der Waals surface area contributed by atoms with Gasteiger partial charge >= 0.3 is 11.8 Å². The number of anilines is 1. The first-order valence-corrected chi connectivity index (χ1v) is 7.24. The van der Waals surface area contributed by atoms with E-state index in [-0.39, 0.29) is 11.3 Å². The number of para-hydroxylation sites is 1. The molecule has 7 nitrogen and oxygen atoms in total. The topological polar surface area (TPSA) is 95.7 Å². The van der Waals surface area contributed by atoms with E-state index in [1.54, 1.807) is 18.2 Å². The van der Waals surface area contributed by atoms with Crippen molar-refractivity contribution in [2.24, 2.45) is 0 Å². The van der Waals surface area contributed by atoms with Gasteiger partial charge in [0, 0.05) is 31.9 Å². The van der Waals surface area contributed by atoms with Crippen molar-refractivity contribution in [1.29, 1.82) is 0 Å². The molecule has 0 atom stereocenters. The zero-order chi connectivity index (χ0) is 16.1. The molecule has 0 spiro atoms. The lowest BCUT2D eigenvalue weighted by Gasteiger charge is -2.33. The second-order valence-corrected chi connectivity index (χ2v) is 5.10. The number of likely N-dealkylation sites (N-methyl/N-ethyl adjacent to an activating group) is 1. The van der Waals surface area contributed by atoms with Crippen molar-refractivity contribution < 1.29 is 14.4 Å². The Labute approximate surface area is 129 Å². The molecule has 0 unspecified atom stereocenters. The zero-order valence-electron chi connectivity index (χ0n) is 12.5. The Bertz CT molecular complexity index is 580. The number of benzene rings is 1. The molecule has 3 N–H and O–H groups in total. The predicted octanol–water partition coefficient (Wildman–Crippen LogP) is -0.311. The highest BCUT2D eigenvalue weighted by atomic mass is 16.2. The first-order chi connectivity index (χ1) is 10.5. The van der Waals surface area contributed by atoms with Crippen molar-refractivity contribution in [2.75, 3.05) is 38.5 Å². The largest absolute Gasteiger partial charge is 0.398 e. The lowest BCUT2D eigenvalue weighted by molar-refractivity contribution is -0.146. The van der Waals surface area contributed by atoms with Crippen molar-refractivity contribution in [3.63, 3.8) is 0 Å². The Hall–Kier alpha value is -2.41. The Morgan fingerprint density at radius 3 is 2.36 bits per heavy atom. The second-order valence-electron chi connectivity index (χ2n) is 5.10. The third kappa shape index (κ3) is 3.62. The van der Waals surface area contributed by atoms with Gasteiger partial charge in [0.25, 0.3) is 5.91 Å². The third-order valence-corrected chi connectivity index (χ3v) is 3.73. The van der Waals surface area contributed by atoms with Gasteiger partial charge in [0.1, 0.15) is 0 Å². The molecule has 3 amide bonds. The molecule has 1 saturated heterocycles. The zero-order valence-corrected chi connectivity index (χ0v) is 12.5. The molecule has 7 heteroatoms. The Morgan fingerprint density at radius 2 is 1.77 bits per heavy atom. The number of carbonyl (C=O) groups is 3. The number of amides is 3. The Kier molecular flexibility index (Phi) is 5.11. The lowest BCUT2D eigenvalue weighted by Crippen LogP contribution is -2.53. The van der Waals surface area contributed by atoms with Crippen molar-refractivity contribution in [2.45, 2.75) is 6.92 Å². The molecule has 22 heavy (non-hydrogen) atoms. The molecule has 0 aromatic heterocycles. The molecule has 1 aromatic carbocycles. The number of nitrogens with two attached hydrogens (primary N) is 1. The number of nitrogens with one attached hydrogen (secondary N) is 1. The van der Waals surface area contributed by atoms with Crippen LogP contribution in [0.1, 0.15) is 17.3 Å². The maximum Gasteiger partial charge on any atom is 0.316 e. The van der Waals surface area contributed by atoms with Gasteiger partial charge in [-0.2, -0.15) is 0 Å². The average molecular weight is 304 g/mol. The summed E-state index contributed by atoms with van der Waals surface area (Å²) in [6.07, 6.45) is 0. The highest BCUT2D eigenvalue weighted by Gasteiger charge is 2.27. The number of hydrogen-bond acceptors (Lipinski definition) is 5. The minimum atomic E-state index is -0.918. The quantitative estimate of drug-likeness (QED) is 0.577. The van der Waals surface area contributed by atoms with E-state index in [0.717, 1.165) is 19.6 Å². The molecule has 118 valence electrons. The van der Waals surface area contributed by atoms with E-state index in [0.29, 0.717) is 13.1 Å². The van der Waals surface area contributed by atoms with E-state index < -0.39 is 17.7 Å². The summed E-state index contributed by atoms with van der Waals surface area (Å²) in [5, 5.41) is 2.10. The fourth-order valence-corrected chi connectivity index (χ4v) is 2.34. The molecule has 1 fully saturated rings. The maximum atomic E-state index is 12.1. The standard InChI is InChI=1S/C15H20N4O3/c1-2-18-7-9-19(10-8-18)15(22)14(21)17-13(20)11-5-3-4-6-12(11)16/h3-6H,2,7-10,16H2,1H3,(H,17,20,21). The molecule has 0 radical (unpaired) electrons. The molecule has 0 bridgehead atoms. The minimum absolute atomic E-state index is 0.180. The SMILES string of the molecule is CCN1CCN(C(=O)C(=O)NC(=O)c2ccccc2N)CC1. The molecule has 1 heterocycles. The summed E-state index contributed by atoms with van der Waals surface area (Å²) in [4.78, 5) is 39.6. The smallest absolute Gasteiger partial charge is 0.316 e. The van der Waals surface area contributed by atoms with Crippen LogP contribution in [-0.2, 0) is 9.59 Å². The fourth-order valence-electron chi connectivity index (χ4n) is 2.34. The molecule has 0 saturated carbocycles. The van der Waals surface area contributed by atoms with Crippen LogP contribution >= 0.6 is 0 Å². The van der Waals surface area contributed by atoms with Crippen molar-refractivity contribution in [1.82, 2.24) is 15.1 Å². The maximum absolute atomic E-state index is 12.1. The minimum Gasteiger partial charge on any atom is -0.398 e. The molecule has 2 rings (SSSR count). The second kappa shape index (κ2) is 7.04. The van der Waals surface area contributed by atoms with Crippen LogP contribution in [0.25, 0.3) is 0 Å². The van der Waals surface area contributed by atoms with Gasteiger partial charge in [0.2, 0.25) is 0 Å². The lowest BCUT2D eigenvalue weighted by atomic mass is 10.1. The Morgan fingerprint density at radius 1 is 1.14 bits per heavy atom. The van der Waals surface area contributed by atoms with Crippen LogP contribution in [0, 0.1) is 0 Å². The number of nitrogens with zero attached hydrogens (tertiary/aromatic N) is 2. The molecule has 1 aromatic rings. The number of hydrogen-bond donors (Lipinski definition) is 2. The van der Waals surface area contributed by atoms with Crippen molar-refractivity contribution >= 4 is 23.4 Å². The van der Waals surface area contributed by atoms with Crippen LogP contribution < -0.4 is 11.1 Å². The van der Waals surface area contributed by atoms with E-state index in [1.165, 1.54) is 11.0 Å². The summed E-state index contributed by atoms with van der Waals surface area (Å²) in [6, 6.07) is 6.39. The number of nitrogen functional groups attached to an aromatic ring is 1. The monoisotopic (exact) mass is 304 g/mol. The van der Waals surface area contributed by atoms with Gasteiger partial charge in [-0.15, -0.1) is 0 Å². The van der Waals surface area contributed by atoms with Gasteiger partial charge in [-0.25, -0.2) is 0 Å². The summed E-state index contributed by atoms with van der Waals surface area (Å²) in [5.74, 6) is -2.26. The van der Waals surface area contributed by atoms with E-state index in [2.05, 4.69) is 10.2 Å². The number of piperazine rings is 1. The van der Waals surface area contributed by atoms with Crippen LogP contribution in [0.5, 0.6) is 0 Å². The summed E-state index contributed by atoms with van der Waals surface area (Å²) in [6.45, 7) is 5.40. The summed E-state index contributed by atoms with van der Waals surface area (Å²) in [5.41, 5.74) is 6.11. The van der Waals surface area contributed by atoms with E-state index >= 15 is 0 Å². The van der Waals surface area contributed by atoms with Crippen LogP contribution in [0.4, 0.5) is 5.69 Å². The predicted molar refractivity (Wildman–Crippen MR) is 82.0 cm³/mol. The highest BCUT2D eigenvalue weighted by molar-refractivity contribution is 6.38. The van der Waals surface area contributed by atoms with Crippen LogP contribution in [0.2, 0.25) is 0 Å². The van der Waals surface area contributed by atoms with Crippen LogP contribution in [0.15, 0.2) is 24.3 Å². The number of imide groups is 1. The van der Waals surface area contributed by atoms with Gasteiger partial charge in [0.05, 0.1) is 5.56 Å². The van der Waals surface area contributed by atoms with Gasteiger partial charge in [0.15, 0.2) is 0 Å².